The number of para-hydroxylation sites is 1. The Kier molecular flexibility index (Phi) is 8.02. The molecule has 38 heavy (non-hydrogen) atoms. The van der Waals surface area contributed by atoms with Gasteiger partial charge in [0.05, 0.1) is 34.0 Å². The molecule has 3 aromatic rings. The van der Waals surface area contributed by atoms with Crippen molar-refractivity contribution in [3.63, 3.8) is 0 Å². The third-order valence-electron chi connectivity index (χ3n) is 6.06. The maximum absolute atomic E-state index is 12.3. The van der Waals surface area contributed by atoms with Gasteiger partial charge >= 0.3 is 0 Å². The molecular formula is C26H33N7O4S. The van der Waals surface area contributed by atoms with E-state index in [4.69, 9.17) is 15.9 Å². The van der Waals surface area contributed by atoms with Gasteiger partial charge in [-0.3, -0.25) is 0 Å². The quantitative estimate of drug-likeness (QED) is 0.253. The zero-order valence-electron chi connectivity index (χ0n) is 21.6. The number of nitrogen functional groups attached to an aromatic ring is 1. The second-order valence-corrected chi connectivity index (χ2v) is 11.4. The fraction of sp³-hybridized carbons (Fsp3) is 0.346. The number of aromatic nitrogens is 2. The lowest BCUT2D eigenvalue weighted by Gasteiger charge is -2.32. The molecule has 0 amide bonds. The molecule has 0 unspecified atom stereocenters. The molecule has 2 heterocycles. The van der Waals surface area contributed by atoms with E-state index in [1.54, 1.807) is 18.2 Å². The van der Waals surface area contributed by atoms with Crippen LogP contribution in [-0.2, 0) is 9.84 Å². The maximum Gasteiger partial charge on any atom is 0.231 e. The predicted octanol–water partition coefficient (Wildman–Crippen LogP) is 3.70. The number of benzene rings is 2. The molecule has 4 rings (SSSR count). The van der Waals surface area contributed by atoms with E-state index in [2.05, 4.69) is 25.5 Å². The summed E-state index contributed by atoms with van der Waals surface area (Å²) in [5.41, 5.74) is 8.28. The molecule has 1 saturated heterocycles. The van der Waals surface area contributed by atoms with Crippen molar-refractivity contribution in [3.8, 4) is 5.75 Å². The number of nitrogens with two attached hydrogens (primary N) is 1. The largest absolute Gasteiger partial charge is 0.489 e. The Bertz CT molecular complexity index is 1420. The molecule has 12 heteroatoms. The first-order chi connectivity index (χ1) is 18.0. The molecule has 0 aliphatic carbocycles. The van der Waals surface area contributed by atoms with Crippen molar-refractivity contribution in [1.82, 2.24) is 9.97 Å². The predicted molar refractivity (Wildman–Crippen MR) is 150 cm³/mol. The summed E-state index contributed by atoms with van der Waals surface area (Å²) in [5.74, 6) is 0.973. The minimum atomic E-state index is -3.52. The van der Waals surface area contributed by atoms with Crippen LogP contribution in [0.5, 0.6) is 5.75 Å². The van der Waals surface area contributed by atoms with E-state index in [1.807, 2.05) is 32.0 Å². The summed E-state index contributed by atoms with van der Waals surface area (Å²) in [7, 11) is -3.52. The van der Waals surface area contributed by atoms with Crippen LogP contribution >= 0.6 is 0 Å². The summed E-state index contributed by atoms with van der Waals surface area (Å²) < 4.78 is 30.6. The SMILES string of the molecule is CC(C)Oc1cc(N2CCC(O)CC2)ccc1Nc1nc(N)c(C=N)c(Nc2ccccc2S(C)(=O)=O)n1. The topological polar surface area (TPSA) is 167 Å². The standard InChI is InChI=1S/C26H33N7O4S/c1-16(2)37-22-14-17(33-12-10-18(34)11-13-33)8-9-20(22)30-26-31-24(28)19(15-27)25(32-26)29-21-6-4-5-7-23(21)38(3,35)36/h4-9,14-16,18,27,34H,10-13H2,1-3H3,(H4,28,29,30,31,32). The van der Waals surface area contributed by atoms with Crippen molar-refractivity contribution in [2.24, 2.45) is 0 Å². The van der Waals surface area contributed by atoms with Gasteiger partial charge in [0.25, 0.3) is 0 Å². The number of aliphatic hydroxyl groups excluding tert-OH is 1. The lowest BCUT2D eigenvalue weighted by molar-refractivity contribution is 0.145. The lowest BCUT2D eigenvalue weighted by atomic mass is 10.1. The van der Waals surface area contributed by atoms with Gasteiger partial charge in [0.2, 0.25) is 5.95 Å². The number of aliphatic hydroxyl groups is 1. The van der Waals surface area contributed by atoms with Crippen LogP contribution in [0.15, 0.2) is 47.4 Å². The highest BCUT2D eigenvalue weighted by Gasteiger charge is 2.20. The monoisotopic (exact) mass is 539 g/mol. The molecule has 11 nitrogen and oxygen atoms in total. The van der Waals surface area contributed by atoms with Crippen LogP contribution in [0.1, 0.15) is 32.3 Å². The number of nitrogens with zero attached hydrogens (tertiary/aromatic N) is 3. The second-order valence-electron chi connectivity index (χ2n) is 9.42. The Balaban J connectivity index is 1.68. The zero-order valence-corrected chi connectivity index (χ0v) is 22.4. The number of hydrogen-bond acceptors (Lipinski definition) is 11. The summed E-state index contributed by atoms with van der Waals surface area (Å²) in [6.07, 6.45) is 3.21. The number of ether oxygens (including phenoxy) is 1. The first-order valence-electron chi connectivity index (χ1n) is 12.3. The van der Waals surface area contributed by atoms with Crippen LogP contribution < -0.4 is 26.0 Å². The van der Waals surface area contributed by atoms with Crippen molar-refractivity contribution in [2.75, 3.05) is 40.6 Å². The Morgan fingerprint density at radius 1 is 1.13 bits per heavy atom. The molecular weight excluding hydrogens is 506 g/mol. The van der Waals surface area contributed by atoms with E-state index in [9.17, 15) is 13.5 Å². The van der Waals surface area contributed by atoms with Gasteiger partial charge in [-0.2, -0.15) is 9.97 Å². The molecule has 0 bridgehead atoms. The van der Waals surface area contributed by atoms with Crippen LogP contribution in [0.3, 0.4) is 0 Å². The Hall–Kier alpha value is -3.90. The third-order valence-corrected chi connectivity index (χ3v) is 7.22. The molecule has 1 fully saturated rings. The van der Waals surface area contributed by atoms with E-state index in [-0.39, 0.29) is 40.3 Å². The molecule has 1 aliphatic rings. The summed E-state index contributed by atoms with van der Waals surface area (Å²) in [6, 6.07) is 12.2. The fourth-order valence-electron chi connectivity index (χ4n) is 4.21. The van der Waals surface area contributed by atoms with Gasteiger partial charge < -0.3 is 36.5 Å². The van der Waals surface area contributed by atoms with E-state index in [0.717, 1.165) is 31.2 Å². The van der Waals surface area contributed by atoms with Gasteiger partial charge in [0, 0.05) is 37.3 Å². The molecule has 202 valence electrons. The van der Waals surface area contributed by atoms with Crippen molar-refractivity contribution in [2.45, 2.75) is 43.8 Å². The first-order valence-corrected chi connectivity index (χ1v) is 14.2. The summed E-state index contributed by atoms with van der Waals surface area (Å²) in [5, 5.41) is 23.8. The van der Waals surface area contributed by atoms with Gasteiger partial charge in [0.15, 0.2) is 9.84 Å². The lowest BCUT2D eigenvalue weighted by Crippen LogP contribution is -2.35. The van der Waals surface area contributed by atoms with Gasteiger partial charge in [0.1, 0.15) is 17.4 Å². The van der Waals surface area contributed by atoms with Crippen molar-refractivity contribution in [3.05, 3.63) is 48.0 Å². The van der Waals surface area contributed by atoms with Gasteiger partial charge in [-0.25, -0.2) is 8.42 Å². The fourth-order valence-corrected chi connectivity index (χ4v) is 5.05. The summed E-state index contributed by atoms with van der Waals surface area (Å²) in [6.45, 7) is 5.37. The Labute approximate surface area is 222 Å². The van der Waals surface area contributed by atoms with E-state index < -0.39 is 9.84 Å². The Morgan fingerprint density at radius 2 is 1.84 bits per heavy atom. The molecule has 0 spiro atoms. The summed E-state index contributed by atoms with van der Waals surface area (Å²) in [4.78, 5) is 11.1. The number of sulfone groups is 1. The van der Waals surface area contributed by atoms with Crippen molar-refractivity contribution in [1.29, 1.82) is 5.41 Å². The number of hydrogen-bond donors (Lipinski definition) is 5. The highest BCUT2D eigenvalue weighted by molar-refractivity contribution is 7.90. The van der Waals surface area contributed by atoms with Crippen LogP contribution in [-0.4, -0.2) is 61.3 Å². The van der Waals surface area contributed by atoms with E-state index in [1.165, 1.54) is 6.07 Å². The van der Waals surface area contributed by atoms with Crippen molar-refractivity contribution >= 4 is 50.7 Å². The highest BCUT2D eigenvalue weighted by atomic mass is 32.2. The normalized spacial score (nSPS) is 14.4. The molecule has 1 aromatic heterocycles. The second kappa shape index (κ2) is 11.2. The number of rotatable bonds is 9. The van der Waals surface area contributed by atoms with Gasteiger partial charge in [-0.1, -0.05) is 12.1 Å². The molecule has 6 N–H and O–H groups in total. The maximum atomic E-state index is 12.3. The number of anilines is 6. The number of nitrogens with one attached hydrogen (secondary N) is 3. The van der Waals surface area contributed by atoms with E-state index >= 15 is 0 Å². The van der Waals surface area contributed by atoms with Crippen LogP contribution in [0, 0.1) is 5.41 Å². The third kappa shape index (κ3) is 6.32. The molecule has 0 radical (unpaired) electrons. The molecule has 0 atom stereocenters. The molecule has 0 saturated carbocycles. The van der Waals surface area contributed by atoms with Gasteiger partial charge in [-0.15, -0.1) is 0 Å². The average molecular weight is 540 g/mol. The average Bonchev–Trinajstić information content (AvgIpc) is 2.85. The summed E-state index contributed by atoms with van der Waals surface area (Å²) >= 11 is 0. The minimum Gasteiger partial charge on any atom is -0.489 e. The minimum absolute atomic E-state index is 0.0478. The first kappa shape index (κ1) is 27.1. The van der Waals surface area contributed by atoms with Crippen LogP contribution in [0.25, 0.3) is 0 Å². The molecule has 2 aromatic carbocycles. The van der Waals surface area contributed by atoms with Gasteiger partial charge in [-0.05, 0) is 51.0 Å². The zero-order chi connectivity index (χ0) is 27.4. The highest BCUT2D eigenvalue weighted by Crippen LogP contribution is 2.35. The van der Waals surface area contributed by atoms with Crippen LogP contribution in [0.2, 0.25) is 0 Å². The molecule has 1 aliphatic heterocycles. The Morgan fingerprint density at radius 3 is 2.50 bits per heavy atom. The number of piperidine rings is 1. The van der Waals surface area contributed by atoms with Crippen molar-refractivity contribution < 1.29 is 18.3 Å². The van der Waals surface area contributed by atoms with E-state index in [0.29, 0.717) is 30.0 Å². The smallest absolute Gasteiger partial charge is 0.231 e. The van der Waals surface area contributed by atoms with Crippen LogP contribution in [0.4, 0.5) is 34.6 Å².